The second kappa shape index (κ2) is 25.6. The van der Waals surface area contributed by atoms with Crippen molar-refractivity contribution in [2.24, 2.45) is 0 Å². The molecule has 0 aliphatic rings. The van der Waals surface area contributed by atoms with Crippen molar-refractivity contribution in [1.82, 2.24) is 0 Å². The van der Waals surface area contributed by atoms with Gasteiger partial charge in [-0.2, -0.15) is 0 Å². The predicted octanol–water partition coefficient (Wildman–Crippen LogP) is -9.41. The molecule has 48 heavy (non-hydrogen) atoms. The third kappa shape index (κ3) is 11.5. The van der Waals surface area contributed by atoms with Gasteiger partial charge in [-0.15, -0.1) is 0 Å². The fourth-order valence-corrected chi connectivity index (χ4v) is 133. The number of hydrogen-bond acceptors (Lipinski definition) is 1. The van der Waals surface area contributed by atoms with Gasteiger partial charge in [0.05, 0.1) is 0 Å². The molecular formula is C30H22ORa16S. The molecule has 0 bridgehead atoms. The molecule has 6 aromatic rings. The van der Waals surface area contributed by atoms with E-state index in [1.54, 1.807) is 54.2 Å². The van der Waals surface area contributed by atoms with Crippen molar-refractivity contribution in [2.75, 3.05) is 0 Å². The zero-order valence-electron chi connectivity index (χ0n) is 32.8. The second-order valence-electron chi connectivity index (χ2n) is 15.2. The maximum absolute atomic E-state index is 16.8. The number of hydrogen-bond donors (Lipinski definition) is 0. The van der Waals surface area contributed by atoms with Gasteiger partial charge in [0.25, 0.3) is 0 Å². The Kier molecular flexibility index (Phi) is 30.6. The first kappa shape index (κ1) is 57.4. The Morgan fingerprint density at radius 2 is 0.417 bits per heavy atom. The molecule has 0 aromatic heterocycles. The molecule has 18 heteroatoms. The second-order valence-corrected chi connectivity index (χ2v) is 82.3. The Morgan fingerprint density at radius 1 is 0.271 bits per heavy atom. The molecule has 0 spiro atoms. The van der Waals surface area contributed by atoms with Crippen molar-refractivity contribution in [3.05, 3.63) is 11.1 Å². The van der Waals surface area contributed by atoms with E-state index >= 15 is 4.55 Å². The standard InChI is InChI=1S/C30H6OS.16Ra.16H/c1-19-21-11-3-7-15-25(21)29(26-16-8-4-12-22(19)26)32(31)30-27-17-9-5-13-23(27)20(2)24-14-6-10-18-28(24)30;;;;;;;;;;;;;;;;;;;;;;;;;;;;;;;;/h1-2H3;;;;;;;;;;;;;;;;;;;;;;;;;;;;;;;;. The van der Waals surface area contributed by atoms with Gasteiger partial charge in [-0.25, -0.2) is 0 Å². The Balaban J connectivity index is 2.05. The summed E-state index contributed by atoms with van der Waals surface area (Å²) in [5.41, 5.74) is 3.39. The van der Waals surface area contributed by atoms with E-state index < -0.39 is 11.2 Å². The molecule has 0 aliphatic heterocycles. The summed E-state index contributed by atoms with van der Waals surface area (Å²) in [7, 11) is 0. The van der Waals surface area contributed by atoms with Crippen molar-refractivity contribution in [2.45, 2.75) is 23.6 Å². The van der Waals surface area contributed by atoms with Crippen LogP contribution in [0.15, 0.2) is 9.79 Å². The van der Waals surface area contributed by atoms with E-state index in [9.17, 15) is 0 Å². The summed E-state index contributed by atoms with van der Waals surface area (Å²) < 4.78 is 47.1. The Morgan fingerprint density at radius 3 is 0.583 bits per heavy atom. The number of benzene rings is 6. The maximum atomic E-state index is 16.8. The molecule has 0 amide bonds. The van der Waals surface area contributed by atoms with Gasteiger partial charge < -0.3 is 0 Å². The number of aryl methyl sites for hydroxylation is 2. The molecule has 0 heterocycles. The van der Waals surface area contributed by atoms with Gasteiger partial charge >= 0.3 is 788 Å². The predicted molar refractivity (Wildman–Crippen MR) is 154 cm³/mol. The number of rotatable bonds is 2. The van der Waals surface area contributed by atoms with Gasteiger partial charge in [0.1, 0.15) is 0 Å². The average Bonchev–Trinajstić information content (AvgIpc) is 3.05. The summed E-state index contributed by atoms with van der Waals surface area (Å²) in [5, 5.41) is 13.6. The molecule has 0 fully saturated rings. The minimum atomic E-state index is -1.07. The monoisotopic (exact) mass is 4050 g/mol. The Bertz CT molecular complexity index is 2180. The first-order valence-electron chi connectivity index (χ1n) is 17.6. The van der Waals surface area contributed by atoms with Crippen molar-refractivity contribution < 1.29 is 689 Å². The fraction of sp³-hybridized carbons (Fsp3) is 0.0667. The molecule has 186 valence electrons. The van der Waals surface area contributed by atoms with E-state index in [2.05, 4.69) is 13.8 Å². The van der Waals surface area contributed by atoms with Crippen LogP contribution >= 0.6 is 0 Å². The SMILES string of the molecule is Cc1c2[c]([RaH])[c]([RaH])[c]([RaH])[c]([RaH])c2c([S+]([O-])c2c3[c]([RaH])[c]([RaH])[c]([RaH])[c]([RaH])c3c(C)c3[c]([RaH])[c]([RaH])[c]([RaH])[c]([RaH])c23)c2[c]([RaH])[c]([RaH])[c]([RaH])[c]([RaH])c12. The van der Waals surface area contributed by atoms with E-state index in [0.717, 1.165) is 0 Å². The first-order valence-corrected chi connectivity index (χ1v) is 84.5. The molecule has 0 aliphatic carbocycles. The molecule has 1 nitrogen and oxygen atoms in total. The van der Waals surface area contributed by atoms with Gasteiger partial charge in [0.2, 0.25) is 0 Å². The first-order chi connectivity index (χ1) is 22.3. The van der Waals surface area contributed by atoms with Gasteiger partial charge in [-0.1, -0.05) is 0 Å². The van der Waals surface area contributed by atoms with Crippen LogP contribution in [0.1, 0.15) is 11.1 Å². The average molecular weight is 4050 g/mol. The molecule has 0 saturated carbocycles. The molecule has 0 radical (unpaired) electrons. The van der Waals surface area contributed by atoms with E-state index in [4.69, 9.17) is 0 Å². The van der Waals surface area contributed by atoms with Crippen LogP contribution in [-0.4, -0.2) is 4.55 Å². The van der Waals surface area contributed by atoms with Crippen molar-refractivity contribution >= 4 is 63.9 Å². The molecule has 0 unspecified atom stereocenters. The number of fused-ring (bicyclic) bond motifs is 4. The third-order valence-corrected chi connectivity index (χ3v) is 308. The summed E-state index contributed by atoms with van der Waals surface area (Å²) in [4.78, 5) is 2.93. The van der Waals surface area contributed by atoms with Gasteiger partial charge in [0, 0.05) is 0 Å². The van der Waals surface area contributed by atoms with E-state index in [1.807, 2.05) is 9.67 Å². The molecule has 0 atom stereocenters. The molecular weight excluding hydrogens is 4020 g/mol. The normalized spacial score (nSPS) is 11.6. The minimum absolute atomic E-state index is 0.231. The van der Waals surface area contributed by atoms with Crippen molar-refractivity contribution in [1.29, 1.82) is 0 Å². The Labute approximate surface area is 754 Å². The van der Waals surface area contributed by atoms with Crippen molar-refractivity contribution in [3.8, 4) is 0 Å². The third-order valence-electron chi connectivity index (χ3n) is 13.5. The van der Waals surface area contributed by atoms with Crippen LogP contribution in [0.2, 0.25) is 0 Å². The van der Waals surface area contributed by atoms with Crippen LogP contribution in [0, 0.1) is 699 Å². The van der Waals surface area contributed by atoms with Crippen LogP contribution in [0.25, 0.3) is 43.1 Å². The van der Waals surface area contributed by atoms with E-state index in [1.165, 1.54) is 9.79 Å². The zero-order valence-corrected chi connectivity index (χ0v) is 165. The summed E-state index contributed by atoms with van der Waals surface area (Å²) in [6.45, 7) is 5.15. The molecule has 6 aromatic carbocycles. The van der Waals surface area contributed by atoms with Crippen LogP contribution in [0.4, 0.5) is 0 Å². The topological polar surface area (TPSA) is 23.1 Å². The molecule has 0 N–H and O–H groups in total. The van der Waals surface area contributed by atoms with Crippen LogP contribution in [0.3, 0.4) is 0 Å². The fourth-order valence-electron chi connectivity index (χ4n) is 9.23. The molecule has 6 rings (SSSR count). The summed E-state index contributed by atoms with van der Waals surface area (Å²) >= 11 is 4.03. The summed E-state index contributed by atoms with van der Waals surface area (Å²) in [6, 6.07) is 0. The van der Waals surface area contributed by atoms with Gasteiger partial charge in [0.15, 0.2) is 0 Å². The van der Waals surface area contributed by atoms with E-state index in [-0.39, 0.29) is 171 Å². The zero-order chi connectivity index (χ0) is 35.7. The quantitative estimate of drug-likeness (QED) is 0.125. The van der Waals surface area contributed by atoms with E-state index in [0.29, 0.717) is 514 Å². The van der Waals surface area contributed by atoms with Crippen LogP contribution < -0.4 is 9.67 Å². The summed E-state index contributed by atoms with van der Waals surface area (Å²) in [5.74, 6) is 0. The van der Waals surface area contributed by atoms with Crippen LogP contribution in [-0.2, 0) is 11.2 Å². The molecule has 0 saturated heterocycles. The van der Waals surface area contributed by atoms with Gasteiger partial charge in [-0.3, -0.25) is 0 Å². The van der Waals surface area contributed by atoms with Gasteiger partial charge in [-0.05, 0) is 0 Å². The summed E-state index contributed by atoms with van der Waals surface area (Å²) in [6.07, 6.45) is 0. The van der Waals surface area contributed by atoms with Crippen LogP contribution in [0.5, 0.6) is 0 Å². The Hall–Kier alpha value is 20.2. The van der Waals surface area contributed by atoms with Crippen molar-refractivity contribution in [3.63, 3.8) is 0 Å².